The summed E-state index contributed by atoms with van der Waals surface area (Å²) in [6.45, 7) is 4.36. The molecule has 1 aromatic heterocycles. The second-order valence-corrected chi connectivity index (χ2v) is 12.1. The average molecular weight is 597 g/mol. The van der Waals surface area contributed by atoms with Crippen molar-refractivity contribution in [3.63, 3.8) is 0 Å². The van der Waals surface area contributed by atoms with Crippen LogP contribution in [-0.4, -0.2) is 75.3 Å². The molecule has 234 valence electrons. The van der Waals surface area contributed by atoms with Crippen LogP contribution >= 0.6 is 0 Å². The number of hydroxylamine groups is 1. The number of hydrogen-bond donors (Lipinski definition) is 6. The van der Waals surface area contributed by atoms with Crippen LogP contribution in [-0.2, 0) is 30.4 Å². The van der Waals surface area contributed by atoms with Crippen molar-refractivity contribution in [1.82, 2.24) is 31.3 Å². The summed E-state index contributed by atoms with van der Waals surface area (Å²) < 4.78 is 0. The summed E-state index contributed by atoms with van der Waals surface area (Å²) in [5.41, 5.74) is 3.35. The van der Waals surface area contributed by atoms with Gasteiger partial charge in [0.05, 0.1) is 0 Å². The molecule has 0 saturated carbocycles. The minimum Gasteiger partial charge on any atom is -0.361 e. The first-order valence-corrected chi connectivity index (χ1v) is 15.4. The van der Waals surface area contributed by atoms with Gasteiger partial charge in [0.1, 0.15) is 24.2 Å². The first-order valence-electron chi connectivity index (χ1n) is 15.4. The molecular formula is C31H44N6O6. The number of H-pyrrole nitrogens is 1. The summed E-state index contributed by atoms with van der Waals surface area (Å²) in [5.74, 6) is -1.97. The second kappa shape index (κ2) is 15.0. The predicted octanol–water partition coefficient (Wildman–Crippen LogP) is 2.06. The fraction of sp³-hybridized carbons (Fsp3) is 0.581. The molecule has 0 radical (unpaired) electrons. The number of rotatable bonds is 10. The Labute approximate surface area is 251 Å². The molecule has 2 aliphatic rings. The summed E-state index contributed by atoms with van der Waals surface area (Å²) >= 11 is 0. The molecule has 6 N–H and O–H groups in total. The van der Waals surface area contributed by atoms with Crippen LogP contribution in [0.25, 0.3) is 10.9 Å². The molecule has 2 fully saturated rings. The molecule has 1 aromatic carbocycles. The predicted molar refractivity (Wildman–Crippen MR) is 160 cm³/mol. The molecular weight excluding hydrogens is 552 g/mol. The molecule has 4 atom stereocenters. The molecule has 0 unspecified atom stereocenters. The first kappa shape index (κ1) is 32.0. The van der Waals surface area contributed by atoms with Gasteiger partial charge in [-0.25, -0.2) is 5.48 Å². The van der Waals surface area contributed by atoms with E-state index in [1.54, 1.807) is 10.4 Å². The van der Waals surface area contributed by atoms with Crippen LogP contribution in [0.2, 0.25) is 0 Å². The Balaban J connectivity index is 1.62. The van der Waals surface area contributed by atoms with E-state index in [1.807, 2.05) is 44.3 Å². The van der Waals surface area contributed by atoms with Gasteiger partial charge in [0, 0.05) is 36.5 Å². The van der Waals surface area contributed by atoms with Gasteiger partial charge in [-0.2, -0.15) is 0 Å². The quantitative estimate of drug-likeness (QED) is 0.139. The standard InChI is InChI=1S/C31H44N6O6/c1-19(2)16-25-31(42)37-15-9-8-13-26(37)30(41)33-23(12-4-3-5-14-27(38)36-43)28(39)34-24(29(40)35-25)17-20-18-32-22-11-7-6-10-21(20)22/h6-7,10-11,18-19,23-26,32,43H,3-5,8-9,12-17H2,1-2H3,(H,33,41)(H,34,39)(H,35,40)(H,36,38)/t23-,24-,25-,26+/m0/s1. The average Bonchev–Trinajstić information content (AvgIpc) is 3.40. The van der Waals surface area contributed by atoms with Crippen molar-refractivity contribution in [1.29, 1.82) is 0 Å². The van der Waals surface area contributed by atoms with E-state index in [1.165, 1.54) is 0 Å². The van der Waals surface area contributed by atoms with Crippen molar-refractivity contribution in [2.24, 2.45) is 5.92 Å². The molecule has 2 aliphatic heterocycles. The van der Waals surface area contributed by atoms with Crippen LogP contribution in [0.4, 0.5) is 0 Å². The zero-order chi connectivity index (χ0) is 30.9. The summed E-state index contributed by atoms with van der Waals surface area (Å²) in [6, 6.07) is 4.22. The zero-order valence-corrected chi connectivity index (χ0v) is 25.0. The second-order valence-electron chi connectivity index (χ2n) is 12.1. The van der Waals surface area contributed by atoms with Gasteiger partial charge in [-0.05, 0) is 56.1 Å². The monoisotopic (exact) mass is 596 g/mol. The Morgan fingerprint density at radius 2 is 1.67 bits per heavy atom. The third-order valence-corrected chi connectivity index (χ3v) is 8.30. The Morgan fingerprint density at radius 1 is 0.953 bits per heavy atom. The number of nitrogens with one attached hydrogen (secondary N) is 5. The third-order valence-electron chi connectivity index (χ3n) is 8.30. The fourth-order valence-electron chi connectivity index (χ4n) is 6.04. The van der Waals surface area contributed by atoms with Gasteiger partial charge in [0.2, 0.25) is 29.5 Å². The maximum atomic E-state index is 13.9. The number of para-hydroxylation sites is 1. The van der Waals surface area contributed by atoms with Crippen molar-refractivity contribution in [3.05, 3.63) is 36.0 Å². The summed E-state index contributed by atoms with van der Waals surface area (Å²) in [4.78, 5) is 71.2. The lowest BCUT2D eigenvalue weighted by Crippen LogP contribution is -2.63. The molecule has 0 bridgehead atoms. The van der Waals surface area contributed by atoms with E-state index in [2.05, 4.69) is 20.9 Å². The zero-order valence-electron chi connectivity index (χ0n) is 25.0. The number of benzene rings is 1. The molecule has 4 rings (SSSR count). The van der Waals surface area contributed by atoms with E-state index in [9.17, 15) is 24.0 Å². The van der Waals surface area contributed by atoms with Gasteiger partial charge in [0.15, 0.2) is 0 Å². The molecule has 3 heterocycles. The van der Waals surface area contributed by atoms with Crippen molar-refractivity contribution in [3.8, 4) is 0 Å². The molecule has 2 aromatic rings. The highest BCUT2D eigenvalue weighted by atomic mass is 16.5. The van der Waals surface area contributed by atoms with Gasteiger partial charge in [-0.15, -0.1) is 0 Å². The maximum absolute atomic E-state index is 13.9. The van der Waals surface area contributed by atoms with Gasteiger partial charge in [-0.3, -0.25) is 29.2 Å². The molecule has 5 amide bonds. The van der Waals surface area contributed by atoms with Crippen molar-refractivity contribution < 1.29 is 29.2 Å². The minimum atomic E-state index is -0.988. The molecule has 2 saturated heterocycles. The van der Waals surface area contributed by atoms with Crippen molar-refractivity contribution in [2.45, 2.75) is 102 Å². The Bertz CT molecular complexity index is 1310. The maximum Gasteiger partial charge on any atom is 0.245 e. The summed E-state index contributed by atoms with van der Waals surface area (Å²) in [6.07, 6.45) is 6.48. The molecule has 0 spiro atoms. The number of carbonyl (C=O) groups excluding carboxylic acids is 5. The molecule has 12 nitrogen and oxygen atoms in total. The van der Waals surface area contributed by atoms with E-state index < -0.39 is 41.9 Å². The Hall–Kier alpha value is -3.93. The van der Waals surface area contributed by atoms with Crippen molar-refractivity contribution >= 4 is 40.4 Å². The number of amides is 5. The highest BCUT2D eigenvalue weighted by Crippen LogP contribution is 2.23. The Kier molecular flexibility index (Phi) is 11.2. The molecule has 0 aliphatic carbocycles. The number of aromatic nitrogens is 1. The topological polar surface area (TPSA) is 173 Å². The molecule has 43 heavy (non-hydrogen) atoms. The van der Waals surface area contributed by atoms with Gasteiger partial charge in [-0.1, -0.05) is 44.9 Å². The van der Waals surface area contributed by atoms with Crippen LogP contribution in [0.1, 0.15) is 77.2 Å². The van der Waals surface area contributed by atoms with E-state index in [4.69, 9.17) is 5.21 Å². The van der Waals surface area contributed by atoms with E-state index in [0.717, 1.165) is 29.3 Å². The van der Waals surface area contributed by atoms with Crippen LogP contribution < -0.4 is 21.4 Å². The highest BCUT2D eigenvalue weighted by Gasteiger charge is 2.39. The SMILES string of the molecule is CC(C)C[C@@H]1NC(=O)[C@H](Cc2c[nH]c3ccccc23)NC(=O)[C@H](CCCCCC(=O)NO)NC(=O)[C@H]2CCCCN2C1=O. The first-order chi connectivity index (χ1) is 20.7. The number of carbonyl (C=O) groups is 5. The number of unbranched alkanes of at least 4 members (excludes halogenated alkanes) is 2. The number of fused-ring (bicyclic) bond motifs is 2. The fourth-order valence-corrected chi connectivity index (χ4v) is 6.04. The lowest BCUT2D eigenvalue weighted by Gasteiger charge is -2.39. The van der Waals surface area contributed by atoms with Gasteiger partial charge >= 0.3 is 0 Å². The van der Waals surface area contributed by atoms with Crippen LogP contribution in [0.3, 0.4) is 0 Å². The summed E-state index contributed by atoms with van der Waals surface area (Å²) in [5, 5.41) is 18.4. The lowest BCUT2D eigenvalue weighted by molar-refractivity contribution is -0.147. The van der Waals surface area contributed by atoms with Crippen LogP contribution in [0.5, 0.6) is 0 Å². The third kappa shape index (κ3) is 8.34. The normalized spacial score (nSPS) is 23.6. The number of aromatic amines is 1. The van der Waals surface area contributed by atoms with Gasteiger partial charge < -0.3 is 25.8 Å². The van der Waals surface area contributed by atoms with E-state index in [-0.39, 0.29) is 37.0 Å². The van der Waals surface area contributed by atoms with E-state index in [0.29, 0.717) is 38.6 Å². The minimum absolute atomic E-state index is 0.105. The molecule has 12 heteroatoms. The highest BCUT2D eigenvalue weighted by molar-refractivity contribution is 5.98. The smallest absolute Gasteiger partial charge is 0.245 e. The van der Waals surface area contributed by atoms with Gasteiger partial charge in [0.25, 0.3) is 0 Å². The largest absolute Gasteiger partial charge is 0.361 e. The number of hydrogen-bond acceptors (Lipinski definition) is 6. The number of nitrogens with zero attached hydrogens (tertiary/aromatic N) is 1. The van der Waals surface area contributed by atoms with Crippen LogP contribution in [0, 0.1) is 5.92 Å². The van der Waals surface area contributed by atoms with E-state index >= 15 is 0 Å². The summed E-state index contributed by atoms with van der Waals surface area (Å²) in [7, 11) is 0. The van der Waals surface area contributed by atoms with Crippen molar-refractivity contribution in [2.75, 3.05) is 6.54 Å². The lowest BCUT2D eigenvalue weighted by atomic mass is 9.95. The Morgan fingerprint density at radius 3 is 2.44 bits per heavy atom. The van der Waals surface area contributed by atoms with Crippen LogP contribution in [0.15, 0.2) is 30.5 Å². The number of piperidine rings is 1.